The van der Waals surface area contributed by atoms with Crippen molar-refractivity contribution in [3.63, 3.8) is 0 Å². The monoisotopic (exact) mass is 316 g/mol. The lowest BCUT2D eigenvalue weighted by Crippen LogP contribution is -2.23. The van der Waals surface area contributed by atoms with Gasteiger partial charge in [-0.15, -0.1) is 0 Å². The number of nitrogens with zero attached hydrogens (tertiary/aromatic N) is 3. The Morgan fingerprint density at radius 2 is 1.95 bits per heavy atom. The third-order valence-corrected chi connectivity index (χ3v) is 4.07. The van der Waals surface area contributed by atoms with E-state index in [9.17, 15) is 14.7 Å². The third kappa shape index (κ3) is 1.41. The molecule has 0 aliphatic heterocycles. The Hall–Kier alpha value is -2.67. The molecule has 3 heterocycles. The van der Waals surface area contributed by atoms with Crippen LogP contribution >= 0.6 is 11.6 Å². The van der Waals surface area contributed by atoms with Crippen LogP contribution in [0, 0.1) is 13.8 Å². The van der Waals surface area contributed by atoms with Gasteiger partial charge in [0.2, 0.25) is 5.78 Å². The van der Waals surface area contributed by atoms with E-state index in [2.05, 4.69) is 15.1 Å². The van der Waals surface area contributed by atoms with Gasteiger partial charge in [-0.1, -0.05) is 11.6 Å². The molecular weight excluding hydrogens is 308 g/mol. The Labute approximate surface area is 128 Å². The number of nitrogens with one attached hydrogen (secondary N) is 1. The number of pyridine rings is 1. The van der Waals surface area contributed by atoms with E-state index < -0.39 is 22.4 Å². The first-order chi connectivity index (χ1) is 10.4. The predicted molar refractivity (Wildman–Crippen MR) is 79.1 cm³/mol. The van der Waals surface area contributed by atoms with E-state index in [-0.39, 0.29) is 11.4 Å². The van der Waals surface area contributed by atoms with Crippen LogP contribution in [0.2, 0.25) is 0 Å². The number of ketones is 2. The van der Waals surface area contributed by atoms with Crippen LogP contribution in [0.5, 0.6) is 0 Å². The number of aromatic nitrogens is 4. The van der Waals surface area contributed by atoms with E-state index in [0.717, 1.165) is 16.6 Å². The molecule has 4 rings (SSSR count). The second-order valence-electron chi connectivity index (χ2n) is 5.20. The molecule has 0 aromatic carbocycles. The van der Waals surface area contributed by atoms with Crippen molar-refractivity contribution >= 4 is 45.6 Å². The van der Waals surface area contributed by atoms with Crippen LogP contribution in [-0.2, 0) is 4.79 Å². The van der Waals surface area contributed by atoms with Gasteiger partial charge in [0.05, 0.1) is 5.39 Å². The Morgan fingerprint density at radius 1 is 1.23 bits per heavy atom. The van der Waals surface area contributed by atoms with Crippen molar-refractivity contribution in [2.24, 2.45) is 0 Å². The number of aliphatic hydroxyl groups excluding tert-OH is 1. The van der Waals surface area contributed by atoms with E-state index in [1.807, 2.05) is 19.9 Å². The van der Waals surface area contributed by atoms with Crippen molar-refractivity contribution in [3.05, 3.63) is 33.7 Å². The van der Waals surface area contributed by atoms with Crippen LogP contribution in [0.4, 0.5) is 0 Å². The van der Waals surface area contributed by atoms with Gasteiger partial charge in [-0.05, 0) is 25.5 Å². The summed E-state index contributed by atoms with van der Waals surface area (Å²) < 4.78 is 1.37. The smallest absolute Gasteiger partial charge is 0.255 e. The number of allylic oxidation sites excluding steroid dienone is 1. The molecule has 8 heteroatoms. The molecule has 110 valence electrons. The van der Waals surface area contributed by atoms with Crippen LogP contribution in [0.15, 0.2) is 11.1 Å². The Kier molecular flexibility index (Phi) is 2.34. The number of imidazole rings is 1. The summed E-state index contributed by atoms with van der Waals surface area (Å²) in [5.41, 5.74) is 2.69. The van der Waals surface area contributed by atoms with Crippen molar-refractivity contribution in [1.82, 2.24) is 19.6 Å². The average Bonchev–Trinajstić information content (AvgIpc) is 2.97. The average molecular weight is 317 g/mol. The second kappa shape index (κ2) is 3.95. The molecule has 0 saturated heterocycles. The number of halogens is 1. The maximum Gasteiger partial charge on any atom is 0.255 e. The lowest BCUT2D eigenvalue weighted by molar-refractivity contribution is -0.111. The summed E-state index contributed by atoms with van der Waals surface area (Å²) in [7, 11) is 0. The van der Waals surface area contributed by atoms with Gasteiger partial charge in [-0.25, -0.2) is 14.5 Å². The number of carbonyl (C=O) groups is 2. The fourth-order valence-electron chi connectivity index (χ4n) is 2.80. The first kappa shape index (κ1) is 13.0. The molecule has 0 spiro atoms. The molecule has 0 amide bonds. The Balaban J connectivity index is 2.20. The molecule has 3 aromatic heterocycles. The summed E-state index contributed by atoms with van der Waals surface area (Å²) in [6.45, 7) is 3.75. The molecule has 0 bridgehead atoms. The van der Waals surface area contributed by atoms with Crippen LogP contribution in [-0.4, -0.2) is 36.3 Å². The van der Waals surface area contributed by atoms with Gasteiger partial charge < -0.3 is 5.11 Å². The minimum atomic E-state index is -0.951. The van der Waals surface area contributed by atoms with E-state index in [4.69, 9.17) is 11.6 Å². The lowest BCUT2D eigenvalue weighted by atomic mass is 10.0. The number of carbonyl (C=O) groups excluding carboxylic acids is 2. The van der Waals surface area contributed by atoms with Crippen LogP contribution in [0.3, 0.4) is 0 Å². The van der Waals surface area contributed by atoms with Gasteiger partial charge in [0.1, 0.15) is 16.4 Å². The Morgan fingerprint density at radius 3 is 2.68 bits per heavy atom. The molecule has 0 saturated carbocycles. The minimum absolute atomic E-state index is 0.00252. The predicted octanol–water partition coefficient (Wildman–Crippen LogP) is 2.06. The summed E-state index contributed by atoms with van der Waals surface area (Å²) in [4.78, 5) is 32.6. The molecule has 0 radical (unpaired) electrons. The Bertz CT molecular complexity index is 1060. The number of hydrogen-bond donors (Lipinski definition) is 2. The highest BCUT2D eigenvalue weighted by Gasteiger charge is 2.37. The number of H-pyrrole nitrogens is 1. The molecule has 0 fully saturated rings. The number of hydrogen-bond acceptors (Lipinski definition) is 5. The summed E-state index contributed by atoms with van der Waals surface area (Å²) in [6, 6.07) is 1.89. The number of fused-ring (bicyclic) bond motifs is 5. The minimum Gasteiger partial charge on any atom is -0.504 e. The summed E-state index contributed by atoms with van der Waals surface area (Å²) in [5, 5.41) is 13.2. The fourth-order valence-corrected chi connectivity index (χ4v) is 2.97. The van der Waals surface area contributed by atoms with Gasteiger partial charge in [0.25, 0.3) is 5.78 Å². The summed E-state index contributed by atoms with van der Waals surface area (Å²) in [6.07, 6.45) is 0. The normalized spacial score (nSPS) is 15.2. The zero-order valence-corrected chi connectivity index (χ0v) is 12.3. The first-order valence-corrected chi connectivity index (χ1v) is 6.84. The third-order valence-electron chi connectivity index (χ3n) is 3.72. The molecule has 1 aliphatic rings. The van der Waals surface area contributed by atoms with Crippen LogP contribution in [0.25, 0.3) is 22.4 Å². The molecule has 7 nitrogen and oxygen atoms in total. The van der Waals surface area contributed by atoms with Crippen molar-refractivity contribution in [2.75, 3.05) is 0 Å². The second-order valence-corrected chi connectivity index (χ2v) is 5.58. The fraction of sp³-hybridized carbons (Fsp3) is 0.143. The van der Waals surface area contributed by atoms with E-state index >= 15 is 0 Å². The topological polar surface area (TPSA) is 100 Å². The van der Waals surface area contributed by atoms with E-state index in [1.165, 1.54) is 4.52 Å². The van der Waals surface area contributed by atoms with Gasteiger partial charge in [-0.2, -0.15) is 0 Å². The van der Waals surface area contributed by atoms with Crippen molar-refractivity contribution in [2.45, 2.75) is 13.8 Å². The molecular formula is C14H9ClN4O3. The lowest BCUT2D eigenvalue weighted by Gasteiger charge is -2.08. The highest BCUT2D eigenvalue weighted by atomic mass is 35.5. The highest BCUT2D eigenvalue weighted by molar-refractivity contribution is 6.63. The quantitative estimate of drug-likeness (QED) is 0.618. The summed E-state index contributed by atoms with van der Waals surface area (Å²) in [5.74, 6) is -2.25. The zero-order chi connectivity index (χ0) is 15.8. The first-order valence-electron chi connectivity index (χ1n) is 6.46. The molecule has 1 aliphatic carbocycles. The number of Topliss-reactive ketones (excluding diaryl/α,β-unsaturated/α-hetero) is 2. The number of aryl methyl sites for hydroxylation is 2. The van der Waals surface area contributed by atoms with E-state index in [1.54, 1.807) is 0 Å². The largest absolute Gasteiger partial charge is 0.504 e. The van der Waals surface area contributed by atoms with Crippen molar-refractivity contribution in [1.29, 1.82) is 0 Å². The van der Waals surface area contributed by atoms with E-state index in [0.29, 0.717) is 11.3 Å². The highest BCUT2D eigenvalue weighted by Crippen LogP contribution is 2.32. The number of aromatic amines is 1. The molecule has 3 aromatic rings. The number of rotatable bonds is 0. The van der Waals surface area contributed by atoms with Gasteiger partial charge in [-0.3, -0.25) is 14.7 Å². The molecule has 0 unspecified atom stereocenters. The molecule has 2 N–H and O–H groups in total. The van der Waals surface area contributed by atoms with Crippen molar-refractivity contribution < 1.29 is 14.7 Å². The van der Waals surface area contributed by atoms with Crippen molar-refractivity contribution in [3.8, 4) is 0 Å². The standard InChI is InChI=1S/C14H9ClN4O3/c1-4-3-5(2)16-13-6(4)14-17-8-9(19(14)18-13)12(22)11(21)7(15)10(8)20/h3,20H,1-2H3,(H,16,18). The van der Waals surface area contributed by atoms with Gasteiger partial charge >= 0.3 is 0 Å². The zero-order valence-electron chi connectivity index (χ0n) is 11.6. The van der Waals surface area contributed by atoms with Gasteiger partial charge in [0.15, 0.2) is 17.1 Å². The molecule has 0 atom stereocenters. The van der Waals surface area contributed by atoms with Crippen LogP contribution < -0.4 is 0 Å². The van der Waals surface area contributed by atoms with Crippen LogP contribution in [0.1, 0.15) is 27.4 Å². The SMILES string of the molecule is Cc1cc(C)c2c(n1)[nH]n1c3c(nc21)C(O)=C(Cl)C(=O)C3=O. The summed E-state index contributed by atoms with van der Waals surface area (Å²) >= 11 is 5.69. The van der Waals surface area contributed by atoms with Gasteiger partial charge in [0, 0.05) is 5.69 Å². The molecule has 22 heavy (non-hydrogen) atoms. The maximum atomic E-state index is 12.2. The maximum absolute atomic E-state index is 12.2. The number of aliphatic hydroxyl groups is 1.